The number of aryl methyl sites for hydroxylation is 1. The molecule has 2 N–H and O–H groups in total. The third kappa shape index (κ3) is 3.70. The van der Waals surface area contributed by atoms with E-state index in [1.54, 1.807) is 4.90 Å². The van der Waals surface area contributed by atoms with E-state index in [0.717, 1.165) is 12.8 Å². The zero-order valence-electron chi connectivity index (χ0n) is 14.1. The van der Waals surface area contributed by atoms with Crippen LogP contribution in [0.25, 0.3) is 0 Å². The van der Waals surface area contributed by atoms with Gasteiger partial charge in [0.05, 0.1) is 18.6 Å². The van der Waals surface area contributed by atoms with Gasteiger partial charge in [0.1, 0.15) is 0 Å². The first-order valence-electron chi connectivity index (χ1n) is 8.54. The summed E-state index contributed by atoms with van der Waals surface area (Å²) in [7, 11) is 0. The number of carbonyl (C=O) groups is 2. The number of urea groups is 1. The fourth-order valence-electron chi connectivity index (χ4n) is 3.34. The molecule has 0 saturated carbocycles. The highest BCUT2D eigenvalue weighted by molar-refractivity contribution is 5.81. The van der Waals surface area contributed by atoms with Crippen LogP contribution >= 0.6 is 0 Å². The predicted octanol–water partition coefficient (Wildman–Crippen LogP) is 1.51. The van der Waals surface area contributed by atoms with Gasteiger partial charge in [0.2, 0.25) is 5.91 Å². The van der Waals surface area contributed by atoms with Crippen molar-refractivity contribution in [3.05, 3.63) is 35.4 Å². The number of likely N-dealkylation sites (tertiary alicyclic amines) is 2. The number of hydrogen-bond donors (Lipinski definition) is 1. The Kier molecular flexibility index (Phi) is 5.04. The lowest BCUT2D eigenvalue weighted by molar-refractivity contribution is -0.151. The minimum Gasteiger partial charge on any atom is -0.370 e. The average molecular weight is 331 g/mol. The van der Waals surface area contributed by atoms with Gasteiger partial charge in [0.15, 0.2) is 0 Å². The Morgan fingerprint density at radius 2 is 1.96 bits per heavy atom. The molecule has 1 aromatic rings. The van der Waals surface area contributed by atoms with Gasteiger partial charge in [0.25, 0.3) is 0 Å². The van der Waals surface area contributed by atoms with Crippen LogP contribution in [-0.2, 0) is 16.1 Å². The zero-order chi connectivity index (χ0) is 17.1. The third-order valence-corrected chi connectivity index (χ3v) is 4.98. The van der Waals surface area contributed by atoms with E-state index in [4.69, 9.17) is 10.5 Å². The molecule has 0 aliphatic carbocycles. The number of carbonyl (C=O) groups excluding carboxylic acids is 2. The molecule has 0 bridgehead atoms. The molecule has 1 atom stereocenters. The summed E-state index contributed by atoms with van der Waals surface area (Å²) >= 11 is 0. The van der Waals surface area contributed by atoms with Gasteiger partial charge >= 0.3 is 6.03 Å². The number of rotatable bonds is 4. The van der Waals surface area contributed by atoms with Crippen LogP contribution in [0.3, 0.4) is 0 Å². The lowest BCUT2D eigenvalue weighted by Crippen LogP contribution is -2.58. The van der Waals surface area contributed by atoms with Gasteiger partial charge < -0.3 is 20.3 Å². The molecule has 3 amide bonds. The number of piperidine rings is 1. The van der Waals surface area contributed by atoms with Crippen molar-refractivity contribution < 1.29 is 14.3 Å². The smallest absolute Gasteiger partial charge is 0.314 e. The second-order valence-corrected chi connectivity index (χ2v) is 6.73. The van der Waals surface area contributed by atoms with Crippen molar-refractivity contribution in [2.75, 3.05) is 26.2 Å². The molecule has 1 aromatic carbocycles. The quantitative estimate of drug-likeness (QED) is 0.909. The van der Waals surface area contributed by atoms with Crippen LogP contribution in [-0.4, -0.2) is 54.0 Å². The minimum atomic E-state index is -0.435. The molecule has 6 heteroatoms. The van der Waals surface area contributed by atoms with Crippen LogP contribution in [0.5, 0.6) is 0 Å². The summed E-state index contributed by atoms with van der Waals surface area (Å²) in [6.07, 6.45) is 1.76. The molecule has 2 saturated heterocycles. The number of amides is 3. The first-order valence-corrected chi connectivity index (χ1v) is 8.54. The standard InChI is InChI=1S/C18H25N3O3/c1-13-5-2-3-6-15(13)12-24-16-10-21(11-16)17(22)14-7-4-8-20(9-14)18(19)23/h2-3,5-6,14,16H,4,7-12H2,1H3,(H2,19,23)/t14-/m1/s1. The SMILES string of the molecule is Cc1ccccc1COC1CN(C(=O)[C@@H]2CCCN(C(N)=O)C2)C1. The van der Waals surface area contributed by atoms with Crippen LogP contribution in [0.1, 0.15) is 24.0 Å². The van der Waals surface area contributed by atoms with Crippen LogP contribution < -0.4 is 5.73 Å². The molecule has 6 nitrogen and oxygen atoms in total. The molecule has 2 heterocycles. The van der Waals surface area contributed by atoms with Gasteiger partial charge in [-0.25, -0.2) is 4.79 Å². The van der Waals surface area contributed by atoms with Gasteiger partial charge in [-0.15, -0.1) is 0 Å². The molecule has 130 valence electrons. The van der Waals surface area contributed by atoms with E-state index < -0.39 is 6.03 Å². The van der Waals surface area contributed by atoms with Gasteiger partial charge in [0, 0.05) is 26.2 Å². The number of primary amides is 1. The summed E-state index contributed by atoms with van der Waals surface area (Å²) in [5, 5.41) is 0. The Hall–Kier alpha value is -2.08. The van der Waals surface area contributed by atoms with E-state index in [1.165, 1.54) is 11.1 Å². The molecule has 0 spiro atoms. The number of benzene rings is 1. The lowest BCUT2D eigenvalue weighted by Gasteiger charge is -2.42. The molecule has 0 aromatic heterocycles. The monoisotopic (exact) mass is 331 g/mol. The zero-order valence-corrected chi connectivity index (χ0v) is 14.1. The lowest BCUT2D eigenvalue weighted by atomic mass is 9.95. The summed E-state index contributed by atoms with van der Waals surface area (Å²) in [4.78, 5) is 27.2. The van der Waals surface area contributed by atoms with E-state index in [-0.39, 0.29) is 17.9 Å². The highest BCUT2D eigenvalue weighted by atomic mass is 16.5. The highest BCUT2D eigenvalue weighted by Gasteiger charge is 2.37. The van der Waals surface area contributed by atoms with Crippen molar-refractivity contribution in [3.8, 4) is 0 Å². The maximum absolute atomic E-state index is 12.5. The fourth-order valence-corrected chi connectivity index (χ4v) is 3.34. The number of nitrogens with two attached hydrogens (primary N) is 1. The van der Waals surface area contributed by atoms with Crippen LogP contribution in [0.4, 0.5) is 4.79 Å². The summed E-state index contributed by atoms with van der Waals surface area (Å²) in [6, 6.07) is 7.73. The summed E-state index contributed by atoms with van der Waals surface area (Å²) < 4.78 is 5.89. The predicted molar refractivity (Wildman–Crippen MR) is 90.2 cm³/mol. The van der Waals surface area contributed by atoms with Crippen molar-refractivity contribution in [2.24, 2.45) is 11.7 Å². The average Bonchev–Trinajstić information content (AvgIpc) is 2.54. The largest absolute Gasteiger partial charge is 0.370 e. The maximum atomic E-state index is 12.5. The summed E-state index contributed by atoms with van der Waals surface area (Å²) in [6.45, 7) is 5.03. The Labute approximate surface area is 142 Å². The molecule has 2 aliphatic rings. The molecule has 2 aliphatic heterocycles. The second-order valence-electron chi connectivity index (χ2n) is 6.73. The van der Waals surface area contributed by atoms with Gasteiger partial charge in [-0.1, -0.05) is 24.3 Å². The fraction of sp³-hybridized carbons (Fsp3) is 0.556. The molecular weight excluding hydrogens is 306 g/mol. The summed E-state index contributed by atoms with van der Waals surface area (Å²) in [5.41, 5.74) is 7.73. The third-order valence-electron chi connectivity index (χ3n) is 4.98. The first-order chi connectivity index (χ1) is 11.5. The van der Waals surface area contributed by atoms with Crippen LogP contribution in [0.15, 0.2) is 24.3 Å². The maximum Gasteiger partial charge on any atom is 0.314 e. The molecule has 0 unspecified atom stereocenters. The molecule has 2 fully saturated rings. The molecule has 3 rings (SSSR count). The van der Waals surface area contributed by atoms with E-state index in [1.807, 2.05) is 17.0 Å². The van der Waals surface area contributed by atoms with Crippen molar-refractivity contribution in [1.29, 1.82) is 0 Å². The van der Waals surface area contributed by atoms with E-state index in [0.29, 0.717) is 32.8 Å². The Morgan fingerprint density at radius 3 is 2.67 bits per heavy atom. The highest BCUT2D eigenvalue weighted by Crippen LogP contribution is 2.23. The van der Waals surface area contributed by atoms with E-state index in [2.05, 4.69) is 19.1 Å². The molecule has 0 radical (unpaired) electrons. The number of nitrogens with zero attached hydrogens (tertiary/aromatic N) is 2. The Bertz CT molecular complexity index is 613. The second kappa shape index (κ2) is 7.21. The van der Waals surface area contributed by atoms with Crippen LogP contribution in [0.2, 0.25) is 0 Å². The van der Waals surface area contributed by atoms with E-state index >= 15 is 0 Å². The van der Waals surface area contributed by atoms with Crippen LogP contribution in [0, 0.1) is 12.8 Å². The van der Waals surface area contributed by atoms with Gasteiger partial charge in [-0.05, 0) is 30.9 Å². The van der Waals surface area contributed by atoms with Gasteiger partial charge in [-0.2, -0.15) is 0 Å². The first kappa shape index (κ1) is 16.8. The van der Waals surface area contributed by atoms with E-state index in [9.17, 15) is 9.59 Å². The van der Waals surface area contributed by atoms with Crippen molar-refractivity contribution in [1.82, 2.24) is 9.80 Å². The van der Waals surface area contributed by atoms with Crippen molar-refractivity contribution in [3.63, 3.8) is 0 Å². The van der Waals surface area contributed by atoms with Crippen molar-refractivity contribution in [2.45, 2.75) is 32.5 Å². The van der Waals surface area contributed by atoms with Gasteiger partial charge in [-0.3, -0.25) is 4.79 Å². The summed E-state index contributed by atoms with van der Waals surface area (Å²) in [5.74, 6) is 0.000240. The van der Waals surface area contributed by atoms with Crippen molar-refractivity contribution >= 4 is 11.9 Å². The number of hydrogen-bond acceptors (Lipinski definition) is 3. The Balaban J connectivity index is 1.43. The molecular formula is C18H25N3O3. The topological polar surface area (TPSA) is 75.9 Å². The minimum absolute atomic E-state index is 0.101. The normalized spacial score (nSPS) is 21.5. The Morgan fingerprint density at radius 1 is 1.21 bits per heavy atom. The molecule has 24 heavy (non-hydrogen) atoms. The number of ether oxygens (including phenoxy) is 1.